The molecule has 0 amide bonds. The first kappa shape index (κ1) is 24.2. The van der Waals surface area contributed by atoms with Crippen LogP contribution in [0, 0.1) is 10.8 Å². The standard InChI is InChI=1S/C27H42N2O/c1-26(2,3)27(4,5)19-11-9-7-6-8-10-12-22-30-25-15-13-23(14-16-25)29-24-17-20-28-21-18-24/h13-18,20-21H,6-12,19,22H2,1-5H3,(H,28,29). The van der Waals surface area contributed by atoms with E-state index in [2.05, 4.69) is 57.1 Å². The summed E-state index contributed by atoms with van der Waals surface area (Å²) in [6.07, 6.45) is 14.1. The van der Waals surface area contributed by atoms with E-state index in [0.29, 0.717) is 10.8 Å². The van der Waals surface area contributed by atoms with Crippen LogP contribution >= 0.6 is 0 Å². The van der Waals surface area contributed by atoms with Gasteiger partial charge in [-0.3, -0.25) is 4.98 Å². The zero-order valence-corrected chi connectivity index (χ0v) is 19.8. The first-order chi connectivity index (χ1) is 14.3. The molecule has 0 saturated heterocycles. The third-order valence-corrected chi connectivity index (χ3v) is 6.57. The van der Waals surface area contributed by atoms with Gasteiger partial charge in [0.25, 0.3) is 0 Å². The molecule has 0 radical (unpaired) electrons. The lowest BCUT2D eigenvalue weighted by Crippen LogP contribution is -2.29. The minimum Gasteiger partial charge on any atom is -0.494 e. The van der Waals surface area contributed by atoms with Crippen LogP contribution in [0.1, 0.15) is 86.0 Å². The van der Waals surface area contributed by atoms with Crippen LogP contribution in [-0.4, -0.2) is 11.6 Å². The van der Waals surface area contributed by atoms with Crippen LogP contribution in [0.15, 0.2) is 48.8 Å². The highest BCUT2D eigenvalue weighted by Crippen LogP contribution is 2.41. The van der Waals surface area contributed by atoms with E-state index in [9.17, 15) is 0 Å². The number of nitrogens with one attached hydrogen (secondary N) is 1. The Balaban J connectivity index is 1.49. The van der Waals surface area contributed by atoms with Crippen molar-refractivity contribution in [1.29, 1.82) is 0 Å². The van der Waals surface area contributed by atoms with Gasteiger partial charge in [0.1, 0.15) is 5.75 Å². The van der Waals surface area contributed by atoms with E-state index in [1.807, 2.05) is 24.3 Å². The van der Waals surface area contributed by atoms with Crippen molar-refractivity contribution in [3.8, 4) is 5.75 Å². The molecule has 0 fully saturated rings. The van der Waals surface area contributed by atoms with Crippen LogP contribution in [-0.2, 0) is 0 Å². The van der Waals surface area contributed by atoms with Crippen LogP contribution in [0.4, 0.5) is 11.4 Å². The zero-order chi connectivity index (χ0) is 21.9. The monoisotopic (exact) mass is 410 g/mol. The van der Waals surface area contributed by atoms with Gasteiger partial charge >= 0.3 is 0 Å². The van der Waals surface area contributed by atoms with E-state index in [0.717, 1.165) is 30.2 Å². The Kier molecular flexibility index (Phi) is 9.68. The number of aromatic nitrogens is 1. The molecule has 0 aliphatic carbocycles. The third kappa shape index (κ3) is 8.77. The highest BCUT2D eigenvalue weighted by molar-refractivity contribution is 5.59. The van der Waals surface area contributed by atoms with Gasteiger partial charge in [0.05, 0.1) is 6.61 Å². The fraction of sp³-hybridized carbons (Fsp3) is 0.593. The lowest BCUT2D eigenvalue weighted by molar-refractivity contribution is 0.115. The van der Waals surface area contributed by atoms with Crippen molar-refractivity contribution >= 4 is 11.4 Å². The number of benzene rings is 1. The number of pyridine rings is 1. The topological polar surface area (TPSA) is 34.1 Å². The summed E-state index contributed by atoms with van der Waals surface area (Å²) in [5, 5.41) is 3.36. The Hall–Kier alpha value is -2.03. The third-order valence-electron chi connectivity index (χ3n) is 6.57. The van der Waals surface area contributed by atoms with Crippen molar-refractivity contribution in [3.63, 3.8) is 0 Å². The lowest BCUT2D eigenvalue weighted by Gasteiger charge is -2.39. The average molecular weight is 411 g/mol. The van der Waals surface area contributed by atoms with Crippen molar-refractivity contribution in [2.45, 2.75) is 86.0 Å². The van der Waals surface area contributed by atoms with Crippen molar-refractivity contribution < 1.29 is 4.74 Å². The van der Waals surface area contributed by atoms with Crippen LogP contribution in [0.3, 0.4) is 0 Å². The molecule has 3 heteroatoms. The summed E-state index contributed by atoms with van der Waals surface area (Å²) in [4.78, 5) is 4.03. The Morgan fingerprint density at radius 1 is 0.700 bits per heavy atom. The molecule has 1 aromatic heterocycles. The maximum atomic E-state index is 5.89. The number of unbranched alkanes of at least 4 members (excludes halogenated alkanes) is 6. The second-order valence-electron chi connectivity index (χ2n) is 10.1. The first-order valence-corrected chi connectivity index (χ1v) is 11.7. The van der Waals surface area contributed by atoms with Crippen LogP contribution in [0.2, 0.25) is 0 Å². The average Bonchev–Trinajstić information content (AvgIpc) is 2.70. The molecular weight excluding hydrogens is 368 g/mol. The van der Waals surface area contributed by atoms with Crippen LogP contribution in [0.5, 0.6) is 5.75 Å². The highest BCUT2D eigenvalue weighted by Gasteiger charge is 2.31. The molecule has 1 heterocycles. The minimum absolute atomic E-state index is 0.392. The van der Waals surface area contributed by atoms with Crippen LogP contribution in [0.25, 0.3) is 0 Å². The van der Waals surface area contributed by atoms with Gasteiger partial charge in [0, 0.05) is 23.8 Å². The predicted molar refractivity (Wildman–Crippen MR) is 130 cm³/mol. The summed E-state index contributed by atoms with van der Waals surface area (Å²) < 4.78 is 5.89. The molecule has 30 heavy (non-hydrogen) atoms. The Bertz CT molecular complexity index is 702. The summed E-state index contributed by atoms with van der Waals surface area (Å²) in [6, 6.07) is 12.1. The molecule has 0 aliphatic rings. The molecule has 0 saturated carbocycles. The van der Waals surface area contributed by atoms with Gasteiger partial charge < -0.3 is 10.1 Å². The fourth-order valence-electron chi connectivity index (χ4n) is 3.35. The summed E-state index contributed by atoms with van der Waals surface area (Å²) in [5.74, 6) is 0.941. The van der Waals surface area contributed by atoms with E-state index in [1.54, 1.807) is 12.4 Å². The lowest BCUT2D eigenvalue weighted by atomic mass is 9.67. The van der Waals surface area contributed by atoms with Gasteiger partial charge in [-0.05, 0) is 60.1 Å². The van der Waals surface area contributed by atoms with Crippen molar-refractivity contribution in [3.05, 3.63) is 48.8 Å². The number of anilines is 2. The molecule has 0 bridgehead atoms. The maximum absolute atomic E-state index is 5.89. The second kappa shape index (κ2) is 12.0. The molecule has 0 atom stereocenters. The molecule has 0 aliphatic heterocycles. The summed E-state index contributed by atoms with van der Waals surface area (Å²) in [7, 11) is 0. The van der Waals surface area contributed by atoms with Gasteiger partial charge in [-0.25, -0.2) is 0 Å². The van der Waals surface area contributed by atoms with E-state index >= 15 is 0 Å². The molecule has 2 aromatic rings. The Morgan fingerprint density at radius 2 is 1.23 bits per heavy atom. The molecule has 166 valence electrons. The number of rotatable bonds is 13. The normalized spacial score (nSPS) is 12.0. The van der Waals surface area contributed by atoms with Crippen molar-refractivity contribution in [2.75, 3.05) is 11.9 Å². The Morgan fingerprint density at radius 3 is 1.83 bits per heavy atom. The van der Waals surface area contributed by atoms with E-state index in [-0.39, 0.29) is 0 Å². The molecule has 3 nitrogen and oxygen atoms in total. The number of hydrogen-bond acceptors (Lipinski definition) is 3. The van der Waals surface area contributed by atoms with Gasteiger partial charge in [-0.1, -0.05) is 73.1 Å². The van der Waals surface area contributed by atoms with Gasteiger partial charge in [-0.15, -0.1) is 0 Å². The molecule has 2 rings (SSSR count). The van der Waals surface area contributed by atoms with E-state index in [4.69, 9.17) is 4.74 Å². The van der Waals surface area contributed by atoms with Gasteiger partial charge in [0.15, 0.2) is 0 Å². The van der Waals surface area contributed by atoms with Crippen molar-refractivity contribution in [2.24, 2.45) is 10.8 Å². The molecule has 1 N–H and O–H groups in total. The molecule has 0 unspecified atom stereocenters. The van der Waals surface area contributed by atoms with Gasteiger partial charge in [0.2, 0.25) is 0 Å². The largest absolute Gasteiger partial charge is 0.494 e. The fourth-order valence-corrected chi connectivity index (χ4v) is 3.35. The molecule has 1 aromatic carbocycles. The SMILES string of the molecule is CC(C)(C)C(C)(C)CCCCCCCCCOc1ccc(Nc2ccncc2)cc1. The highest BCUT2D eigenvalue weighted by atomic mass is 16.5. The van der Waals surface area contributed by atoms with Gasteiger partial charge in [-0.2, -0.15) is 0 Å². The van der Waals surface area contributed by atoms with Crippen LogP contribution < -0.4 is 10.1 Å². The first-order valence-electron chi connectivity index (χ1n) is 11.7. The number of ether oxygens (including phenoxy) is 1. The smallest absolute Gasteiger partial charge is 0.119 e. The molecular formula is C27H42N2O. The summed E-state index contributed by atoms with van der Waals surface area (Å²) >= 11 is 0. The number of nitrogens with zero attached hydrogens (tertiary/aromatic N) is 1. The Labute approximate surface area is 184 Å². The number of hydrogen-bond donors (Lipinski definition) is 1. The molecule has 0 spiro atoms. The zero-order valence-electron chi connectivity index (χ0n) is 19.8. The minimum atomic E-state index is 0.392. The summed E-state index contributed by atoms with van der Waals surface area (Å²) in [6.45, 7) is 12.7. The second-order valence-corrected chi connectivity index (χ2v) is 10.1. The predicted octanol–water partition coefficient (Wildman–Crippen LogP) is 8.40. The van der Waals surface area contributed by atoms with Crippen molar-refractivity contribution in [1.82, 2.24) is 4.98 Å². The van der Waals surface area contributed by atoms with E-state index in [1.165, 1.54) is 44.9 Å². The summed E-state index contributed by atoms with van der Waals surface area (Å²) in [5.41, 5.74) is 2.91. The van der Waals surface area contributed by atoms with E-state index < -0.39 is 0 Å². The quantitative estimate of drug-likeness (QED) is 0.337. The maximum Gasteiger partial charge on any atom is 0.119 e.